The topological polar surface area (TPSA) is 17.1 Å². The van der Waals surface area contributed by atoms with Crippen molar-refractivity contribution in [1.82, 2.24) is 0 Å². The number of hydrogen-bond donors (Lipinski definition) is 0. The molecule has 5 heteroatoms. The van der Waals surface area contributed by atoms with Crippen LogP contribution < -0.4 is 0 Å². The van der Waals surface area contributed by atoms with Crippen LogP contribution in [0.3, 0.4) is 0 Å². The molecule has 0 aromatic rings. The highest BCUT2D eigenvalue weighted by atomic mass is 32.1. The van der Waals surface area contributed by atoms with Gasteiger partial charge in [-0.1, -0.05) is 0 Å². The first-order valence-electron chi connectivity index (χ1n) is 1.80. The zero-order valence-electron chi connectivity index (χ0n) is 4.03. The predicted molar refractivity (Wildman–Crippen MR) is 29.0 cm³/mol. The number of thiocarbonyl (C=S) groups is 1. The van der Waals surface area contributed by atoms with E-state index in [1.165, 1.54) is 0 Å². The van der Waals surface area contributed by atoms with Gasteiger partial charge in [-0.3, -0.25) is 4.79 Å². The fraction of sp³-hybridized carbons (Fsp3) is 0. The van der Waals surface area contributed by atoms with Crippen molar-refractivity contribution in [2.75, 3.05) is 0 Å². The summed E-state index contributed by atoms with van der Waals surface area (Å²) in [4.78, 5) is 9.35. The fourth-order valence-corrected chi connectivity index (χ4v) is 0.243. The number of halogens is 3. The third kappa shape index (κ3) is 2.36. The first kappa shape index (κ1) is 8.29. The van der Waals surface area contributed by atoms with Crippen molar-refractivity contribution >= 4 is 23.6 Å². The molecule has 0 atom stereocenters. The Morgan fingerprint density at radius 1 is 1.33 bits per heavy atom. The Morgan fingerprint density at radius 3 is 1.89 bits per heavy atom. The first-order chi connectivity index (χ1) is 4.09. The molecule has 1 nitrogen and oxygen atoms in total. The van der Waals surface area contributed by atoms with Gasteiger partial charge in [-0.15, -0.1) is 0 Å². The molecule has 0 aliphatic carbocycles. The lowest BCUT2D eigenvalue weighted by molar-refractivity contribution is -0.106. The number of aldehydes is 1. The summed E-state index contributed by atoms with van der Waals surface area (Å²) < 4.78 is 34.7. The van der Waals surface area contributed by atoms with E-state index in [4.69, 9.17) is 0 Å². The van der Waals surface area contributed by atoms with Crippen LogP contribution in [0.25, 0.3) is 0 Å². The van der Waals surface area contributed by atoms with Crippen LogP contribution in [0.2, 0.25) is 0 Å². The molecule has 50 valence electrons. The number of carbonyl (C=O) groups is 1. The van der Waals surface area contributed by atoms with E-state index < -0.39 is 23.1 Å². The van der Waals surface area contributed by atoms with Crippen molar-refractivity contribution < 1.29 is 18.0 Å². The van der Waals surface area contributed by atoms with Gasteiger partial charge in [0.25, 0.3) is 0 Å². The van der Waals surface area contributed by atoms with Crippen molar-refractivity contribution in [3.05, 3.63) is 11.7 Å². The van der Waals surface area contributed by atoms with Crippen molar-refractivity contribution in [1.29, 1.82) is 0 Å². The van der Waals surface area contributed by atoms with Gasteiger partial charge in [0.2, 0.25) is 16.8 Å². The molecular formula is C4HF3OS. The van der Waals surface area contributed by atoms with Crippen molar-refractivity contribution in [2.24, 2.45) is 0 Å². The summed E-state index contributed by atoms with van der Waals surface area (Å²) in [6.45, 7) is 0. The van der Waals surface area contributed by atoms with Gasteiger partial charge < -0.3 is 0 Å². The molecular weight excluding hydrogens is 153 g/mol. The van der Waals surface area contributed by atoms with Crippen molar-refractivity contribution in [2.45, 2.75) is 0 Å². The molecule has 9 heavy (non-hydrogen) atoms. The number of rotatable bonds is 2. The normalized spacial score (nSPS) is 12.3. The number of allylic oxidation sites excluding steroid dienone is 2. The zero-order valence-corrected chi connectivity index (χ0v) is 4.84. The Labute approximate surface area is 54.2 Å². The fourth-order valence-electron chi connectivity index (χ4n) is 0.146. The quantitative estimate of drug-likeness (QED) is 0.260. The van der Waals surface area contributed by atoms with Crippen LogP contribution in [0.15, 0.2) is 11.7 Å². The summed E-state index contributed by atoms with van der Waals surface area (Å²) >= 11 is 3.56. The van der Waals surface area contributed by atoms with Crippen LogP contribution in [0.1, 0.15) is 0 Å². The summed E-state index contributed by atoms with van der Waals surface area (Å²) in [5, 5.41) is -1.75. The van der Waals surface area contributed by atoms with Gasteiger partial charge in [0, 0.05) is 0 Å². The predicted octanol–water partition coefficient (Wildman–Crippen LogP) is 1.63. The molecule has 0 saturated carbocycles. The minimum absolute atomic E-state index is 0.457. The van der Waals surface area contributed by atoms with E-state index in [1.807, 2.05) is 0 Å². The first-order valence-corrected chi connectivity index (χ1v) is 2.20. The third-order valence-corrected chi connectivity index (χ3v) is 0.665. The van der Waals surface area contributed by atoms with E-state index in [1.54, 1.807) is 0 Å². The lowest BCUT2D eigenvalue weighted by Crippen LogP contribution is -1.89. The van der Waals surface area contributed by atoms with Gasteiger partial charge in [-0.2, -0.15) is 13.2 Å². The van der Waals surface area contributed by atoms with Gasteiger partial charge >= 0.3 is 0 Å². The number of carbonyl (C=O) groups excluding carboxylic acids is 1. The van der Waals surface area contributed by atoms with Gasteiger partial charge in [0.05, 0.1) is 0 Å². The SMILES string of the molecule is O=C/C(F)=C(/F)C(F)=S. The summed E-state index contributed by atoms with van der Waals surface area (Å²) in [6, 6.07) is 0. The van der Waals surface area contributed by atoms with Crippen LogP contribution in [0.4, 0.5) is 13.2 Å². The Morgan fingerprint density at radius 2 is 1.78 bits per heavy atom. The highest BCUT2D eigenvalue weighted by Crippen LogP contribution is 2.08. The van der Waals surface area contributed by atoms with E-state index in [9.17, 15) is 18.0 Å². The van der Waals surface area contributed by atoms with E-state index in [2.05, 4.69) is 12.2 Å². The molecule has 0 saturated heterocycles. The van der Waals surface area contributed by atoms with Gasteiger partial charge in [0.1, 0.15) is 0 Å². The maximum absolute atomic E-state index is 11.7. The summed E-state index contributed by atoms with van der Waals surface area (Å²) in [5.41, 5.74) is 0. The molecule has 0 heterocycles. The van der Waals surface area contributed by atoms with E-state index in [0.717, 1.165) is 0 Å². The molecule has 0 spiro atoms. The zero-order chi connectivity index (χ0) is 7.44. The van der Waals surface area contributed by atoms with E-state index >= 15 is 0 Å². The summed E-state index contributed by atoms with van der Waals surface area (Å²) in [5.74, 6) is -3.73. The molecule has 0 N–H and O–H groups in total. The summed E-state index contributed by atoms with van der Waals surface area (Å²) in [6.07, 6.45) is -0.457. The molecule has 0 fully saturated rings. The monoisotopic (exact) mass is 154 g/mol. The highest BCUT2D eigenvalue weighted by Gasteiger charge is 2.09. The molecule has 0 aliphatic heterocycles. The molecule has 0 radical (unpaired) electrons. The molecule has 0 aliphatic rings. The minimum Gasteiger partial charge on any atom is -0.295 e. The average Bonchev–Trinajstić information content (AvgIpc) is 1.84. The van der Waals surface area contributed by atoms with Gasteiger partial charge in [-0.05, 0) is 12.2 Å². The largest absolute Gasteiger partial charge is 0.295 e. The summed E-state index contributed by atoms with van der Waals surface area (Å²) in [7, 11) is 0. The van der Waals surface area contributed by atoms with Crippen molar-refractivity contribution in [3.63, 3.8) is 0 Å². The van der Waals surface area contributed by atoms with Gasteiger partial charge in [0.15, 0.2) is 6.29 Å². The van der Waals surface area contributed by atoms with E-state index in [0.29, 0.717) is 0 Å². The molecule has 0 rings (SSSR count). The van der Waals surface area contributed by atoms with Crippen LogP contribution in [-0.4, -0.2) is 11.4 Å². The second-order valence-corrected chi connectivity index (χ2v) is 1.41. The van der Waals surface area contributed by atoms with Crippen LogP contribution in [0, 0.1) is 0 Å². The second kappa shape index (κ2) is 3.34. The third-order valence-electron chi connectivity index (χ3n) is 0.486. The highest BCUT2D eigenvalue weighted by molar-refractivity contribution is 7.80. The smallest absolute Gasteiger partial charge is 0.225 e. The molecule has 0 amide bonds. The molecule has 0 bridgehead atoms. The average molecular weight is 154 g/mol. The molecule has 0 unspecified atom stereocenters. The Bertz CT molecular complexity index is 175. The lowest BCUT2D eigenvalue weighted by atomic mass is 10.5. The molecule has 0 aromatic heterocycles. The van der Waals surface area contributed by atoms with E-state index in [-0.39, 0.29) is 0 Å². The maximum atomic E-state index is 11.7. The maximum Gasteiger partial charge on any atom is 0.225 e. The standard InChI is InChI=1S/C4HF3OS/c5-2(1-8)3(6)4(7)9/h1H/b3-2-. The Kier molecular flexibility index (Phi) is 3.08. The molecule has 0 aromatic carbocycles. The van der Waals surface area contributed by atoms with Crippen LogP contribution in [0.5, 0.6) is 0 Å². The van der Waals surface area contributed by atoms with Crippen LogP contribution in [-0.2, 0) is 4.79 Å². The van der Waals surface area contributed by atoms with Gasteiger partial charge in [-0.25, -0.2) is 0 Å². The number of hydrogen-bond acceptors (Lipinski definition) is 2. The van der Waals surface area contributed by atoms with Crippen LogP contribution >= 0.6 is 12.2 Å². The lowest BCUT2D eigenvalue weighted by Gasteiger charge is -1.84. The second-order valence-electron chi connectivity index (χ2n) is 1.05. The van der Waals surface area contributed by atoms with Crippen molar-refractivity contribution in [3.8, 4) is 0 Å². The Balaban J connectivity index is 4.47. The Hall–Kier alpha value is -0.710. The minimum atomic E-state index is -1.92.